The van der Waals surface area contributed by atoms with Gasteiger partial charge in [0, 0.05) is 24.4 Å². The van der Waals surface area contributed by atoms with Crippen molar-refractivity contribution >= 4 is 5.69 Å². The first-order valence-electron chi connectivity index (χ1n) is 6.49. The van der Waals surface area contributed by atoms with Gasteiger partial charge in [-0.15, -0.1) is 0 Å². The SMILES string of the molecule is CCOc1ccc(NC2CCOC(C)C2)cc1F. The molecule has 0 saturated carbocycles. The molecule has 1 fully saturated rings. The van der Waals surface area contributed by atoms with Crippen LogP contribution in [0.25, 0.3) is 0 Å². The van der Waals surface area contributed by atoms with Crippen LogP contribution >= 0.6 is 0 Å². The molecule has 0 aliphatic carbocycles. The maximum Gasteiger partial charge on any atom is 0.167 e. The number of rotatable bonds is 4. The molecule has 18 heavy (non-hydrogen) atoms. The van der Waals surface area contributed by atoms with Gasteiger partial charge in [-0.3, -0.25) is 0 Å². The van der Waals surface area contributed by atoms with E-state index >= 15 is 0 Å². The number of halogens is 1. The predicted molar refractivity (Wildman–Crippen MR) is 69.6 cm³/mol. The van der Waals surface area contributed by atoms with Crippen LogP contribution in [0.4, 0.5) is 10.1 Å². The Morgan fingerprint density at radius 2 is 2.33 bits per heavy atom. The highest BCUT2D eigenvalue weighted by Crippen LogP contribution is 2.24. The Morgan fingerprint density at radius 1 is 1.50 bits per heavy atom. The van der Waals surface area contributed by atoms with E-state index in [1.54, 1.807) is 6.07 Å². The van der Waals surface area contributed by atoms with Crippen molar-refractivity contribution in [2.24, 2.45) is 0 Å². The predicted octanol–water partition coefficient (Wildman–Crippen LogP) is 3.20. The average molecular weight is 253 g/mol. The van der Waals surface area contributed by atoms with Crippen molar-refractivity contribution in [3.8, 4) is 5.75 Å². The zero-order chi connectivity index (χ0) is 13.0. The summed E-state index contributed by atoms with van der Waals surface area (Å²) in [6.07, 6.45) is 2.18. The summed E-state index contributed by atoms with van der Waals surface area (Å²) >= 11 is 0. The van der Waals surface area contributed by atoms with Gasteiger partial charge in [0.2, 0.25) is 0 Å². The van der Waals surface area contributed by atoms with Crippen molar-refractivity contribution in [3.05, 3.63) is 24.0 Å². The summed E-state index contributed by atoms with van der Waals surface area (Å²) in [5.41, 5.74) is 0.801. The largest absolute Gasteiger partial charge is 0.491 e. The molecule has 1 N–H and O–H groups in total. The van der Waals surface area contributed by atoms with Gasteiger partial charge >= 0.3 is 0 Å². The minimum atomic E-state index is -0.318. The minimum Gasteiger partial charge on any atom is -0.491 e. The van der Waals surface area contributed by atoms with Crippen molar-refractivity contribution in [1.82, 2.24) is 0 Å². The summed E-state index contributed by atoms with van der Waals surface area (Å²) in [6, 6.07) is 5.37. The van der Waals surface area contributed by atoms with Crippen LogP contribution < -0.4 is 10.1 Å². The van der Waals surface area contributed by atoms with Crippen LogP contribution in [0.2, 0.25) is 0 Å². The van der Waals surface area contributed by atoms with Crippen molar-refractivity contribution in [2.45, 2.75) is 38.8 Å². The van der Waals surface area contributed by atoms with E-state index in [0.717, 1.165) is 25.1 Å². The molecule has 0 amide bonds. The van der Waals surface area contributed by atoms with Crippen LogP contribution in [0.1, 0.15) is 26.7 Å². The standard InChI is InChI=1S/C14H20FNO2/c1-3-17-14-5-4-11(9-13(14)15)16-12-6-7-18-10(2)8-12/h4-5,9-10,12,16H,3,6-8H2,1-2H3. The van der Waals surface area contributed by atoms with E-state index in [9.17, 15) is 4.39 Å². The Hall–Kier alpha value is -1.29. The zero-order valence-corrected chi connectivity index (χ0v) is 10.9. The normalized spacial score (nSPS) is 23.7. The van der Waals surface area contributed by atoms with Gasteiger partial charge in [-0.2, -0.15) is 0 Å². The zero-order valence-electron chi connectivity index (χ0n) is 10.9. The molecule has 0 spiro atoms. The van der Waals surface area contributed by atoms with E-state index in [-0.39, 0.29) is 11.9 Å². The van der Waals surface area contributed by atoms with Crippen LogP contribution in [0.15, 0.2) is 18.2 Å². The summed E-state index contributed by atoms with van der Waals surface area (Å²) in [5, 5.41) is 3.35. The molecular formula is C14H20FNO2. The molecular weight excluding hydrogens is 233 g/mol. The number of nitrogens with one attached hydrogen (secondary N) is 1. The second kappa shape index (κ2) is 6.05. The number of hydrogen-bond acceptors (Lipinski definition) is 3. The monoisotopic (exact) mass is 253 g/mol. The lowest BCUT2D eigenvalue weighted by Gasteiger charge is -2.28. The van der Waals surface area contributed by atoms with Gasteiger partial charge in [0.1, 0.15) is 0 Å². The van der Waals surface area contributed by atoms with Crippen molar-refractivity contribution in [1.29, 1.82) is 0 Å². The van der Waals surface area contributed by atoms with E-state index in [1.165, 1.54) is 6.07 Å². The number of anilines is 1. The topological polar surface area (TPSA) is 30.5 Å². The molecule has 1 saturated heterocycles. The van der Waals surface area contributed by atoms with Gasteiger partial charge in [-0.25, -0.2) is 4.39 Å². The first-order valence-corrected chi connectivity index (χ1v) is 6.49. The third kappa shape index (κ3) is 3.35. The summed E-state index contributed by atoms with van der Waals surface area (Å²) in [6.45, 7) is 5.14. The molecule has 1 aliphatic heterocycles. The van der Waals surface area contributed by atoms with Crippen LogP contribution in [-0.4, -0.2) is 25.4 Å². The average Bonchev–Trinajstić information content (AvgIpc) is 2.33. The highest BCUT2D eigenvalue weighted by atomic mass is 19.1. The Labute approximate surface area is 107 Å². The molecule has 2 atom stereocenters. The highest BCUT2D eigenvalue weighted by molar-refractivity contribution is 5.48. The van der Waals surface area contributed by atoms with Crippen LogP contribution in [0.5, 0.6) is 5.75 Å². The van der Waals surface area contributed by atoms with Gasteiger partial charge in [0.05, 0.1) is 12.7 Å². The van der Waals surface area contributed by atoms with Crippen LogP contribution in [0, 0.1) is 5.82 Å². The van der Waals surface area contributed by atoms with Crippen molar-refractivity contribution in [3.63, 3.8) is 0 Å². The third-order valence-electron chi connectivity index (χ3n) is 3.09. The lowest BCUT2D eigenvalue weighted by molar-refractivity contribution is 0.0232. The van der Waals surface area contributed by atoms with Crippen LogP contribution in [0.3, 0.4) is 0 Å². The van der Waals surface area contributed by atoms with Gasteiger partial charge < -0.3 is 14.8 Å². The number of hydrogen-bond donors (Lipinski definition) is 1. The van der Waals surface area contributed by atoms with E-state index in [0.29, 0.717) is 18.4 Å². The summed E-state index contributed by atoms with van der Waals surface area (Å²) in [4.78, 5) is 0. The molecule has 2 rings (SSSR count). The molecule has 1 heterocycles. The van der Waals surface area contributed by atoms with E-state index in [2.05, 4.69) is 12.2 Å². The lowest BCUT2D eigenvalue weighted by Crippen LogP contribution is -2.32. The Balaban J connectivity index is 1.99. The molecule has 1 aromatic carbocycles. The summed E-state index contributed by atoms with van der Waals surface area (Å²) in [5.74, 6) is -0.00893. The Morgan fingerprint density at radius 3 is 3.00 bits per heavy atom. The maximum absolute atomic E-state index is 13.7. The molecule has 3 nitrogen and oxygen atoms in total. The quantitative estimate of drug-likeness (QED) is 0.893. The van der Waals surface area contributed by atoms with Gasteiger partial charge in [-0.05, 0) is 38.8 Å². The number of ether oxygens (including phenoxy) is 2. The van der Waals surface area contributed by atoms with E-state index in [1.807, 2.05) is 13.0 Å². The molecule has 1 aromatic rings. The molecule has 4 heteroatoms. The smallest absolute Gasteiger partial charge is 0.167 e. The fourth-order valence-electron chi connectivity index (χ4n) is 2.23. The second-order valence-electron chi connectivity index (χ2n) is 4.63. The fourth-order valence-corrected chi connectivity index (χ4v) is 2.23. The Bertz CT molecular complexity index is 397. The molecule has 1 aliphatic rings. The third-order valence-corrected chi connectivity index (χ3v) is 3.09. The summed E-state index contributed by atoms with van der Waals surface area (Å²) in [7, 11) is 0. The van der Waals surface area contributed by atoms with Gasteiger partial charge in [0.25, 0.3) is 0 Å². The minimum absolute atomic E-state index is 0.267. The first kappa shape index (κ1) is 13.1. The van der Waals surface area contributed by atoms with Crippen molar-refractivity contribution < 1.29 is 13.9 Å². The molecule has 2 unspecified atom stereocenters. The van der Waals surface area contributed by atoms with Crippen molar-refractivity contribution in [2.75, 3.05) is 18.5 Å². The Kier molecular flexibility index (Phi) is 4.42. The van der Waals surface area contributed by atoms with Gasteiger partial charge in [0.15, 0.2) is 11.6 Å². The molecule has 0 radical (unpaired) electrons. The highest BCUT2D eigenvalue weighted by Gasteiger charge is 2.19. The fraction of sp³-hybridized carbons (Fsp3) is 0.571. The van der Waals surface area contributed by atoms with Crippen LogP contribution in [-0.2, 0) is 4.74 Å². The molecule has 0 aromatic heterocycles. The molecule has 0 bridgehead atoms. The van der Waals surface area contributed by atoms with Gasteiger partial charge in [-0.1, -0.05) is 0 Å². The second-order valence-corrected chi connectivity index (χ2v) is 4.63. The summed E-state index contributed by atoms with van der Waals surface area (Å²) < 4.78 is 24.3. The molecule has 100 valence electrons. The lowest BCUT2D eigenvalue weighted by atomic mass is 10.0. The van der Waals surface area contributed by atoms with E-state index < -0.39 is 0 Å². The van der Waals surface area contributed by atoms with E-state index in [4.69, 9.17) is 9.47 Å². The number of benzene rings is 1. The maximum atomic E-state index is 13.7. The first-order chi connectivity index (χ1) is 8.69.